The first-order valence-electron chi connectivity index (χ1n) is 9.45. The Labute approximate surface area is 171 Å². The van der Waals surface area contributed by atoms with Crippen LogP contribution in [0.4, 0.5) is 11.4 Å². The van der Waals surface area contributed by atoms with Crippen LogP contribution in [0.5, 0.6) is 0 Å². The summed E-state index contributed by atoms with van der Waals surface area (Å²) < 4.78 is 28.4. The third-order valence-electron chi connectivity index (χ3n) is 5.15. The second-order valence-corrected chi connectivity index (χ2v) is 8.97. The monoisotopic (exact) mass is 406 g/mol. The summed E-state index contributed by atoms with van der Waals surface area (Å²) in [5, 5.41) is 0. The van der Waals surface area contributed by atoms with Crippen LogP contribution in [0.1, 0.15) is 27.0 Å². The Balaban J connectivity index is 1.61. The van der Waals surface area contributed by atoms with Crippen molar-refractivity contribution in [1.82, 2.24) is 0 Å². The maximum Gasteiger partial charge on any atom is 0.261 e. The van der Waals surface area contributed by atoms with Crippen molar-refractivity contribution in [2.75, 3.05) is 16.2 Å². The van der Waals surface area contributed by atoms with E-state index in [-0.39, 0.29) is 10.8 Å². The predicted molar refractivity (Wildman–Crippen MR) is 115 cm³/mol. The van der Waals surface area contributed by atoms with E-state index in [9.17, 15) is 13.2 Å². The highest BCUT2D eigenvalue weighted by Crippen LogP contribution is 2.32. The molecule has 1 N–H and O–H groups in total. The molecule has 0 spiro atoms. The molecular weight excluding hydrogens is 384 g/mol. The molecule has 0 atom stereocenters. The number of nitrogens with zero attached hydrogens (tertiary/aromatic N) is 1. The lowest BCUT2D eigenvalue weighted by molar-refractivity contribution is 0.0989. The highest BCUT2D eigenvalue weighted by molar-refractivity contribution is 7.92. The molecule has 6 heteroatoms. The molecule has 0 fully saturated rings. The number of fused-ring (bicyclic) bond motifs is 1. The number of aryl methyl sites for hydroxylation is 2. The Kier molecular flexibility index (Phi) is 4.88. The van der Waals surface area contributed by atoms with Crippen molar-refractivity contribution < 1.29 is 13.2 Å². The van der Waals surface area contributed by atoms with Gasteiger partial charge in [0.2, 0.25) is 0 Å². The first-order valence-corrected chi connectivity index (χ1v) is 10.9. The number of carbonyl (C=O) groups is 1. The third-order valence-corrected chi connectivity index (χ3v) is 6.51. The van der Waals surface area contributed by atoms with Gasteiger partial charge in [-0.2, -0.15) is 0 Å². The summed E-state index contributed by atoms with van der Waals surface area (Å²) in [4.78, 5) is 14.7. The van der Waals surface area contributed by atoms with Crippen LogP contribution >= 0.6 is 0 Å². The number of carbonyl (C=O) groups excluding carboxylic acids is 1. The second kappa shape index (κ2) is 7.37. The smallest absolute Gasteiger partial charge is 0.261 e. The van der Waals surface area contributed by atoms with Crippen LogP contribution < -0.4 is 9.62 Å². The number of hydrogen-bond donors (Lipinski definition) is 1. The van der Waals surface area contributed by atoms with Gasteiger partial charge in [-0.1, -0.05) is 35.9 Å². The standard InChI is InChI=1S/C23H22N2O3S/c1-16-8-10-21(17(2)14-16)24-29(27,28)20-9-11-22-19(15-20)12-13-25(22)23(26)18-6-4-3-5-7-18/h3-11,14-15,24H,12-13H2,1-2H3. The van der Waals surface area contributed by atoms with Crippen molar-refractivity contribution in [2.24, 2.45) is 0 Å². The number of anilines is 2. The first-order chi connectivity index (χ1) is 13.8. The minimum Gasteiger partial charge on any atom is -0.308 e. The molecule has 0 radical (unpaired) electrons. The van der Waals surface area contributed by atoms with E-state index in [1.807, 2.05) is 44.2 Å². The van der Waals surface area contributed by atoms with Gasteiger partial charge in [-0.25, -0.2) is 8.42 Å². The Morgan fingerprint density at radius 3 is 2.45 bits per heavy atom. The van der Waals surface area contributed by atoms with Crippen molar-refractivity contribution in [3.8, 4) is 0 Å². The Hall–Kier alpha value is -3.12. The molecule has 5 nitrogen and oxygen atoms in total. The van der Waals surface area contributed by atoms with Crippen LogP contribution in [0.15, 0.2) is 71.6 Å². The van der Waals surface area contributed by atoms with Crippen molar-refractivity contribution in [2.45, 2.75) is 25.2 Å². The molecule has 1 amide bonds. The van der Waals surface area contributed by atoms with Crippen molar-refractivity contribution in [3.05, 3.63) is 89.0 Å². The molecule has 3 aromatic rings. The van der Waals surface area contributed by atoms with E-state index < -0.39 is 10.0 Å². The number of benzene rings is 3. The lowest BCUT2D eigenvalue weighted by Crippen LogP contribution is -2.28. The molecule has 3 aromatic carbocycles. The highest BCUT2D eigenvalue weighted by atomic mass is 32.2. The van der Waals surface area contributed by atoms with Gasteiger partial charge in [-0.3, -0.25) is 9.52 Å². The largest absolute Gasteiger partial charge is 0.308 e. The van der Waals surface area contributed by atoms with Crippen LogP contribution in [0.25, 0.3) is 0 Å². The molecule has 148 valence electrons. The molecule has 0 unspecified atom stereocenters. The zero-order chi connectivity index (χ0) is 20.6. The first kappa shape index (κ1) is 19.2. The van der Waals surface area contributed by atoms with Gasteiger partial charge in [-0.05, 0) is 67.8 Å². The van der Waals surface area contributed by atoms with Crippen LogP contribution in [-0.4, -0.2) is 20.9 Å². The van der Waals surface area contributed by atoms with E-state index in [0.717, 1.165) is 22.4 Å². The number of rotatable bonds is 4. The molecule has 4 rings (SSSR count). The van der Waals surface area contributed by atoms with Gasteiger partial charge in [0.15, 0.2) is 0 Å². The lowest BCUT2D eigenvalue weighted by Gasteiger charge is -2.18. The van der Waals surface area contributed by atoms with Crippen molar-refractivity contribution >= 4 is 27.3 Å². The molecule has 1 aliphatic rings. The summed E-state index contributed by atoms with van der Waals surface area (Å²) in [5.41, 5.74) is 4.76. The molecule has 1 aliphatic heterocycles. The van der Waals surface area contributed by atoms with Gasteiger partial charge in [0, 0.05) is 17.8 Å². The van der Waals surface area contributed by atoms with Crippen LogP contribution in [0, 0.1) is 13.8 Å². The van der Waals surface area contributed by atoms with Gasteiger partial charge < -0.3 is 4.90 Å². The summed E-state index contributed by atoms with van der Waals surface area (Å²) in [7, 11) is -3.71. The van der Waals surface area contributed by atoms with E-state index in [1.54, 1.807) is 41.3 Å². The number of sulfonamides is 1. The normalized spacial score (nSPS) is 13.2. The number of amides is 1. The van der Waals surface area contributed by atoms with E-state index in [2.05, 4.69) is 4.72 Å². The third kappa shape index (κ3) is 3.76. The molecule has 0 aliphatic carbocycles. The fourth-order valence-electron chi connectivity index (χ4n) is 3.62. The molecule has 0 bridgehead atoms. The Morgan fingerprint density at radius 1 is 0.966 bits per heavy atom. The number of hydrogen-bond acceptors (Lipinski definition) is 3. The minimum atomic E-state index is -3.71. The van der Waals surface area contributed by atoms with Crippen LogP contribution in [-0.2, 0) is 16.4 Å². The summed E-state index contributed by atoms with van der Waals surface area (Å²) in [6.45, 7) is 4.38. The summed E-state index contributed by atoms with van der Waals surface area (Å²) in [6, 6.07) is 19.6. The predicted octanol–water partition coefficient (Wildman–Crippen LogP) is 4.31. The Morgan fingerprint density at radius 2 is 1.72 bits per heavy atom. The van der Waals surface area contributed by atoms with Gasteiger partial charge in [0.05, 0.1) is 10.6 Å². The topological polar surface area (TPSA) is 66.5 Å². The molecule has 29 heavy (non-hydrogen) atoms. The molecule has 0 aromatic heterocycles. The van der Waals surface area contributed by atoms with Gasteiger partial charge in [0.1, 0.15) is 0 Å². The average molecular weight is 407 g/mol. The molecule has 1 heterocycles. The molecular formula is C23H22N2O3S. The van der Waals surface area contributed by atoms with Crippen LogP contribution in [0.2, 0.25) is 0 Å². The van der Waals surface area contributed by atoms with Crippen LogP contribution in [0.3, 0.4) is 0 Å². The maximum atomic E-state index is 12.9. The zero-order valence-corrected chi connectivity index (χ0v) is 17.2. The quantitative estimate of drug-likeness (QED) is 0.702. The van der Waals surface area contributed by atoms with E-state index in [4.69, 9.17) is 0 Å². The van der Waals surface area contributed by atoms with Crippen molar-refractivity contribution in [1.29, 1.82) is 0 Å². The van der Waals surface area contributed by atoms with Gasteiger partial charge in [0.25, 0.3) is 15.9 Å². The van der Waals surface area contributed by atoms with Gasteiger partial charge in [-0.15, -0.1) is 0 Å². The van der Waals surface area contributed by atoms with Gasteiger partial charge >= 0.3 is 0 Å². The fourth-order valence-corrected chi connectivity index (χ4v) is 4.81. The Bertz CT molecular complexity index is 1190. The minimum absolute atomic E-state index is 0.0756. The molecule has 0 saturated carbocycles. The summed E-state index contributed by atoms with van der Waals surface area (Å²) in [5.74, 6) is -0.0756. The zero-order valence-electron chi connectivity index (χ0n) is 16.3. The SMILES string of the molecule is Cc1ccc(NS(=O)(=O)c2ccc3c(c2)CCN3C(=O)c2ccccc2)c(C)c1. The van der Waals surface area contributed by atoms with E-state index >= 15 is 0 Å². The maximum absolute atomic E-state index is 12.9. The molecule has 0 saturated heterocycles. The number of nitrogens with one attached hydrogen (secondary N) is 1. The lowest BCUT2D eigenvalue weighted by atomic mass is 10.1. The highest BCUT2D eigenvalue weighted by Gasteiger charge is 2.27. The van der Waals surface area contributed by atoms with E-state index in [0.29, 0.717) is 24.2 Å². The second-order valence-electron chi connectivity index (χ2n) is 7.29. The van der Waals surface area contributed by atoms with E-state index in [1.165, 1.54) is 0 Å². The summed E-state index contributed by atoms with van der Waals surface area (Å²) >= 11 is 0. The average Bonchev–Trinajstić information content (AvgIpc) is 3.13. The fraction of sp³-hybridized carbons (Fsp3) is 0.174. The van der Waals surface area contributed by atoms with Crippen molar-refractivity contribution in [3.63, 3.8) is 0 Å². The summed E-state index contributed by atoms with van der Waals surface area (Å²) in [6.07, 6.45) is 0.626.